The Morgan fingerprint density at radius 1 is 1.50 bits per heavy atom. The molecule has 0 N–H and O–H groups in total. The minimum atomic E-state index is 0.0913. The van der Waals surface area contributed by atoms with Crippen LogP contribution in [0.2, 0.25) is 0 Å². The molecule has 12 heavy (non-hydrogen) atoms. The predicted octanol–water partition coefficient (Wildman–Crippen LogP) is 2.36. The first-order valence-corrected chi connectivity index (χ1v) is 4.64. The van der Waals surface area contributed by atoms with Crippen molar-refractivity contribution in [1.82, 2.24) is 0 Å². The van der Waals surface area contributed by atoms with Gasteiger partial charge in [-0.1, -0.05) is 25.1 Å². The topological polar surface area (TPSA) is 17.1 Å². The second-order valence-electron chi connectivity index (χ2n) is 2.64. The SMILES string of the molecule is CCc1cccc(C(=O)CS)c1. The Balaban J connectivity index is 2.93. The Hall–Kier alpha value is -0.760. The maximum absolute atomic E-state index is 11.2. The van der Waals surface area contributed by atoms with Gasteiger partial charge in [0.1, 0.15) is 0 Å². The number of Topliss-reactive ketones (excluding diaryl/α,β-unsaturated/α-hetero) is 1. The number of carbonyl (C=O) groups excluding carboxylic acids is 1. The summed E-state index contributed by atoms with van der Waals surface area (Å²) in [6.07, 6.45) is 0.966. The van der Waals surface area contributed by atoms with Crippen molar-refractivity contribution in [3.05, 3.63) is 35.4 Å². The first kappa shape index (κ1) is 9.33. The molecule has 2 heteroatoms. The van der Waals surface area contributed by atoms with E-state index in [0.717, 1.165) is 12.0 Å². The quantitative estimate of drug-likeness (QED) is 0.558. The van der Waals surface area contributed by atoms with Gasteiger partial charge in [-0.3, -0.25) is 4.79 Å². The molecule has 0 unspecified atom stereocenters. The monoisotopic (exact) mass is 180 g/mol. The fourth-order valence-corrected chi connectivity index (χ4v) is 1.24. The van der Waals surface area contributed by atoms with Crippen LogP contribution >= 0.6 is 12.6 Å². The minimum absolute atomic E-state index is 0.0913. The first-order valence-electron chi connectivity index (χ1n) is 4.01. The van der Waals surface area contributed by atoms with Crippen molar-refractivity contribution >= 4 is 18.4 Å². The van der Waals surface area contributed by atoms with Gasteiger partial charge in [0.25, 0.3) is 0 Å². The third-order valence-electron chi connectivity index (χ3n) is 1.80. The maximum atomic E-state index is 11.2. The van der Waals surface area contributed by atoms with Crippen LogP contribution in [-0.4, -0.2) is 11.5 Å². The Morgan fingerprint density at radius 3 is 2.83 bits per heavy atom. The third kappa shape index (κ3) is 2.11. The van der Waals surface area contributed by atoms with Crippen molar-refractivity contribution in [2.45, 2.75) is 13.3 Å². The number of hydrogen-bond donors (Lipinski definition) is 1. The summed E-state index contributed by atoms with van der Waals surface area (Å²) in [5, 5.41) is 0. The lowest BCUT2D eigenvalue weighted by atomic mass is 10.1. The van der Waals surface area contributed by atoms with Crippen LogP contribution in [0.1, 0.15) is 22.8 Å². The van der Waals surface area contributed by atoms with Gasteiger partial charge in [0.2, 0.25) is 0 Å². The normalized spacial score (nSPS) is 9.83. The lowest BCUT2D eigenvalue weighted by Crippen LogP contribution is -2.00. The first-order chi connectivity index (χ1) is 5.77. The molecule has 0 radical (unpaired) electrons. The number of rotatable bonds is 3. The minimum Gasteiger partial charge on any atom is -0.293 e. The van der Waals surface area contributed by atoms with E-state index >= 15 is 0 Å². The molecule has 0 aliphatic heterocycles. The van der Waals surface area contributed by atoms with Crippen LogP contribution < -0.4 is 0 Å². The summed E-state index contributed by atoms with van der Waals surface area (Å²) in [5.41, 5.74) is 1.96. The number of benzene rings is 1. The van der Waals surface area contributed by atoms with Crippen molar-refractivity contribution in [2.24, 2.45) is 0 Å². The van der Waals surface area contributed by atoms with Crippen LogP contribution in [0, 0.1) is 0 Å². The third-order valence-corrected chi connectivity index (χ3v) is 2.09. The molecule has 0 amide bonds. The number of ketones is 1. The van der Waals surface area contributed by atoms with Gasteiger partial charge >= 0.3 is 0 Å². The Bertz CT molecular complexity index is 281. The highest BCUT2D eigenvalue weighted by atomic mass is 32.1. The van der Waals surface area contributed by atoms with E-state index in [-0.39, 0.29) is 11.5 Å². The van der Waals surface area contributed by atoms with E-state index in [1.165, 1.54) is 5.56 Å². The number of carbonyl (C=O) groups is 1. The fourth-order valence-electron chi connectivity index (χ4n) is 1.06. The Kier molecular flexibility index (Phi) is 3.35. The van der Waals surface area contributed by atoms with E-state index in [1.807, 2.05) is 24.3 Å². The summed E-state index contributed by atoms with van der Waals surface area (Å²) in [6.45, 7) is 2.07. The maximum Gasteiger partial charge on any atom is 0.172 e. The van der Waals surface area contributed by atoms with E-state index in [9.17, 15) is 4.79 Å². The molecule has 64 valence electrons. The molecule has 1 aromatic carbocycles. The zero-order valence-corrected chi connectivity index (χ0v) is 7.97. The summed E-state index contributed by atoms with van der Waals surface area (Å²) < 4.78 is 0. The molecule has 0 fully saturated rings. The van der Waals surface area contributed by atoms with Crippen molar-refractivity contribution in [3.8, 4) is 0 Å². The van der Waals surface area contributed by atoms with E-state index < -0.39 is 0 Å². The van der Waals surface area contributed by atoms with E-state index in [4.69, 9.17) is 0 Å². The molecule has 1 rings (SSSR count). The molecule has 0 bridgehead atoms. The van der Waals surface area contributed by atoms with Gasteiger partial charge in [-0.15, -0.1) is 0 Å². The average molecular weight is 180 g/mol. The van der Waals surface area contributed by atoms with Crippen molar-refractivity contribution in [1.29, 1.82) is 0 Å². The molecule has 1 nitrogen and oxygen atoms in total. The Labute approximate surface area is 78.2 Å². The van der Waals surface area contributed by atoms with Gasteiger partial charge in [0.05, 0.1) is 5.75 Å². The highest BCUT2D eigenvalue weighted by molar-refractivity contribution is 7.81. The van der Waals surface area contributed by atoms with Crippen molar-refractivity contribution in [3.63, 3.8) is 0 Å². The summed E-state index contributed by atoms with van der Waals surface area (Å²) >= 11 is 3.94. The van der Waals surface area contributed by atoms with Gasteiger partial charge in [-0.25, -0.2) is 0 Å². The van der Waals surface area contributed by atoms with E-state index in [2.05, 4.69) is 19.6 Å². The summed E-state index contributed by atoms with van der Waals surface area (Å²) in [6, 6.07) is 7.70. The van der Waals surface area contributed by atoms with Crippen LogP contribution in [0.25, 0.3) is 0 Å². The molecule has 0 atom stereocenters. The average Bonchev–Trinajstić information content (AvgIpc) is 2.17. The zero-order valence-electron chi connectivity index (χ0n) is 7.08. The standard InChI is InChI=1S/C10H12OS/c1-2-8-4-3-5-9(6-8)10(11)7-12/h3-6,12H,2,7H2,1H3. The zero-order chi connectivity index (χ0) is 8.97. The fraction of sp³-hybridized carbons (Fsp3) is 0.300. The molecular weight excluding hydrogens is 168 g/mol. The Morgan fingerprint density at radius 2 is 2.25 bits per heavy atom. The number of hydrogen-bond acceptors (Lipinski definition) is 2. The largest absolute Gasteiger partial charge is 0.293 e. The second kappa shape index (κ2) is 4.31. The molecular formula is C10H12OS. The van der Waals surface area contributed by atoms with Gasteiger partial charge in [0.15, 0.2) is 5.78 Å². The van der Waals surface area contributed by atoms with Crippen molar-refractivity contribution < 1.29 is 4.79 Å². The lowest BCUT2D eigenvalue weighted by molar-refractivity contribution is 0.102. The second-order valence-corrected chi connectivity index (χ2v) is 2.95. The van der Waals surface area contributed by atoms with Gasteiger partial charge < -0.3 is 0 Å². The van der Waals surface area contributed by atoms with Crippen LogP contribution in [0.3, 0.4) is 0 Å². The van der Waals surface area contributed by atoms with Crippen LogP contribution in [-0.2, 0) is 6.42 Å². The van der Waals surface area contributed by atoms with E-state index in [0.29, 0.717) is 0 Å². The highest BCUT2D eigenvalue weighted by Gasteiger charge is 2.02. The highest BCUT2D eigenvalue weighted by Crippen LogP contribution is 2.07. The molecule has 0 saturated heterocycles. The smallest absolute Gasteiger partial charge is 0.172 e. The van der Waals surface area contributed by atoms with Crippen LogP contribution in [0.15, 0.2) is 24.3 Å². The van der Waals surface area contributed by atoms with Crippen LogP contribution in [0.4, 0.5) is 0 Å². The molecule has 0 spiro atoms. The molecule has 0 aliphatic rings. The van der Waals surface area contributed by atoms with Gasteiger partial charge in [0, 0.05) is 5.56 Å². The van der Waals surface area contributed by atoms with Gasteiger partial charge in [-0.2, -0.15) is 12.6 Å². The van der Waals surface area contributed by atoms with E-state index in [1.54, 1.807) is 0 Å². The molecule has 0 aromatic heterocycles. The summed E-state index contributed by atoms with van der Waals surface area (Å²) in [5.74, 6) is 0.376. The lowest BCUT2D eigenvalue weighted by Gasteiger charge is -1.99. The predicted molar refractivity (Wildman–Crippen MR) is 54.0 cm³/mol. The van der Waals surface area contributed by atoms with Crippen LogP contribution in [0.5, 0.6) is 0 Å². The summed E-state index contributed by atoms with van der Waals surface area (Å²) in [7, 11) is 0. The molecule has 1 aromatic rings. The number of aryl methyl sites for hydroxylation is 1. The molecule has 0 saturated carbocycles. The molecule has 0 heterocycles. The van der Waals surface area contributed by atoms with Gasteiger partial charge in [-0.05, 0) is 18.1 Å². The summed E-state index contributed by atoms with van der Waals surface area (Å²) in [4.78, 5) is 11.2. The molecule has 0 aliphatic carbocycles. The van der Waals surface area contributed by atoms with Crippen molar-refractivity contribution in [2.75, 3.05) is 5.75 Å². The number of thiol groups is 1.